The van der Waals surface area contributed by atoms with E-state index < -0.39 is 0 Å². The van der Waals surface area contributed by atoms with E-state index in [9.17, 15) is 4.79 Å². The molecule has 19 heavy (non-hydrogen) atoms. The molecule has 2 atom stereocenters. The summed E-state index contributed by atoms with van der Waals surface area (Å²) in [6.07, 6.45) is 7.22. The molecule has 3 N–H and O–H groups in total. The van der Waals surface area contributed by atoms with Crippen LogP contribution in [0.1, 0.15) is 45.4 Å². The van der Waals surface area contributed by atoms with Crippen LogP contribution < -0.4 is 16.0 Å². The Hall–Kier alpha value is -1.26. The number of guanidine groups is 1. The first-order valence-electron chi connectivity index (χ1n) is 7.45. The molecule has 2 rings (SSSR count). The number of nitrogens with one attached hydrogen (secondary N) is 3. The highest BCUT2D eigenvalue weighted by Gasteiger charge is 2.33. The fourth-order valence-electron chi connectivity index (χ4n) is 2.58. The lowest BCUT2D eigenvalue weighted by molar-refractivity contribution is -0.120. The van der Waals surface area contributed by atoms with Crippen LogP contribution in [0.4, 0.5) is 0 Å². The van der Waals surface area contributed by atoms with Crippen molar-refractivity contribution in [3.05, 3.63) is 0 Å². The Morgan fingerprint density at radius 1 is 1.21 bits per heavy atom. The summed E-state index contributed by atoms with van der Waals surface area (Å²) in [7, 11) is 1.74. The molecule has 2 fully saturated rings. The average molecular weight is 266 g/mol. The van der Waals surface area contributed by atoms with Crippen LogP contribution in [0.25, 0.3) is 0 Å². The van der Waals surface area contributed by atoms with Crippen molar-refractivity contribution in [3.8, 4) is 0 Å². The van der Waals surface area contributed by atoms with E-state index in [1.165, 1.54) is 25.7 Å². The second-order valence-electron chi connectivity index (χ2n) is 5.79. The fourth-order valence-corrected chi connectivity index (χ4v) is 2.58. The number of hydrogen-bond acceptors (Lipinski definition) is 2. The van der Waals surface area contributed by atoms with Crippen LogP contribution in [0.3, 0.4) is 0 Å². The van der Waals surface area contributed by atoms with Crippen molar-refractivity contribution >= 4 is 11.9 Å². The highest BCUT2D eigenvalue weighted by molar-refractivity contribution is 5.86. The second kappa shape index (κ2) is 6.78. The molecule has 2 aliphatic rings. The molecule has 0 aromatic heterocycles. The molecule has 0 spiro atoms. The SMILES string of the molecule is CN=C(NCC(=O)NC1CCCCC1)NC1CC1C. The summed E-state index contributed by atoms with van der Waals surface area (Å²) in [5, 5.41) is 9.48. The molecule has 5 heteroatoms. The van der Waals surface area contributed by atoms with Crippen LogP contribution in [0.5, 0.6) is 0 Å². The van der Waals surface area contributed by atoms with Gasteiger partial charge in [0.25, 0.3) is 0 Å². The zero-order valence-electron chi connectivity index (χ0n) is 12.0. The van der Waals surface area contributed by atoms with Crippen molar-refractivity contribution in [1.29, 1.82) is 0 Å². The molecule has 0 aromatic carbocycles. The number of carbonyl (C=O) groups is 1. The smallest absolute Gasteiger partial charge is 0.239 e. The lowest BCUT2D eigenvalue weighted by Crippen LogP contribution is -2.46. The molecule has 0 bridgehead atoms. The minimum Gasteiger partial charge on any atom is -0.353 e. The fraction of sp³-hybridized carbons (Fsp3) is 0.857. The molecule has 1 amide bonds. The van der Waals surface area contributed by atoms with Gasteiger partial charge >= 0.3 is 0 Å². The Balaban J connectivity index is 1.64. The number of hydrogen-bond donors (Lipinski definition) is 3. The zero-order chi connectivity index (χ0) is 13.7. The van der Waals surface area contributed by atoms with Crippen molar-refractivity contribution < 1.29 is 4.79 Å². The molecular weight excluding hydrogens is 240 g/mol. The summed E-state index contributed by atoms with van der Waals surface area (Å²) in [6.45, 7) is 2.51. The maximum Gasteiger partial charge on any atom is 0.239 e. The third kappa shape index (κ3) is 4.73. The van der Waals surface area contributed by atoms with Gasteiger partial charge in [-0.1, -0.05) is 26.2 Å². The van der Waals surface area contributed by atoms with E-state index in [4.69, 9.17) is 0 Å². The summed E-state index contributed by atoms with van der Waals surface area (Å²) < 4.78 is 0. The number of rotatable bonds is 4. The number of nitrogens with zero attached hydrogens (tertiary/aromatic N) is 1. The van der Waals surface area contributed by atoms with Crippen molar-refractivity contribution in [3.63, 3.8) is 0 Å². The number of amides is 1. The van der Waals surface area contributed by atoms with E-state index in [1.807, 2.05) is 0 Å². The molecule has 2 unspecified atom stereocenters. The van der Waals surface area contributed by atoms with E-state index >= 15 is 0 Å². The van der Waals surface area contributed by atoms with Crippen LogP contribution in [0.15, 0.2) is 4.99 Å². The van der Waals surface area contributed by atoms with Gasteiger partial charge in [0.15, 0.2) is 5.96 Å². The Morgan fingerprint density at radius 2 is 1.89 bits per heavy atom. The van der Waals surface area contributed by atoms with Gasteiger partial charge in [-0.3, -0.25) is 9.79 Å². The van der Waals surface area contributed by atoms with Crippen LogP contribution in [0, 0.1) is 5.92 Å². The minimum absolute atomic E-state index is 0.0682. The topological polar surface area (TPSA) is 65.5 Å². The molecular formula is C14H26N4O. The normalized spacial score (nSPS) is 27.8. The van der Waals surface area contributed by atoms with Crippen molar-refractivity contribution in [2.24, 2.45) is 10.9 Å². The van der Waals surface area contributed by atoms with E-state index in [1.54, 1.807) is 7.05 Å². The second-order valence-corrected chi connectivity index (χ2v) is 5.79. The average Bonchev–Trinajstić information content (AvgIpc) is 3.11. The van der Waals surface area contributed by atoms with Crippen LogP contribution >= 0.6 is 0 Å². The molecule has 108 valence electrons. The summed E-state index contributed by atoms with van der Waals surface area (Å²) in [5.74, 6) is 1.52. The molecule has 0 saturated heterocycles. The lowest BCUT2D eigenvalue weighted by atomic mass is 9.95. The molecule has 2 aliphatic carbocycles. The summed E-state index contributed by atoms with van der Waals surface area (Å²) in [4.78, 5) is 16.0. The summed E-state index contributed by atoms with van der Waals surface area (Å²) in [6, 6.07) is 0.897. The first kappa shape index (κ1) is 14.2. The van der Waals surface area contributed by atoms with Gasteiger partial charge in [-0.15, -0.1) is 0 Å². The van der Waals surface area contributed by atoms with Crippen molar-refractivity contribution in [1.82, 2.24) is 16.0 Å². The summed E-state index contributed by atoms with van der Waals surface area (Å²) in [5.41, 5.74) is 0. The molecule has 5 nitrogen and oxygen atoms in total. The molecule has 2 saturated carbocycles. The molecule has 0 heterocycles. The standard InChI is InChI=1S/C14H26N4O/c1-10-8-12(10)18-14(15-2)16-9-13(19)17-11-6-4-3-5-7-11/h10-12H,3-9H2,1-2H3,(H,17,19)(H2,15,16,18). The van der Waals surface area contributed by atoms with Gasteiger partial charge in [0.2, 0.25) is 5.91 Å². The van der Waals surface area contributed by atoms with Crippen molar-refractivity contribution in [2.45, 2.75) is 57.5 Å². The van der Waals surface area contributed by atoms with Gasteiger partial charge in [-0.2, -0.15) is 0 Å². The first-order chi connectivity index (χ1) is 9.19. The third-order valence-corrected chi connectivity index (χ3v) is 4.04. The van der Waals surface area contributed by atoms with E-state index in [2.05, 4.69) is 27.9 Å². The largest absolute Gasteiger partial charge is 0.353 e. The van der Waals surface area contributed by atoms with Crippen LogP contribution in [-0.4, -0.2) is 37.5 Å². The predicted molar refractivity (Wildman–Crippen MR) is 77.1 cm³/mol. The maximum atomic E-state index is 11.8. The van der Waals surface area contributed by atoms with Gasteiger partial charge in [0.1, 0.15) is 0 Å². The van der Waals surface area contributed by atoms with E-state index in [-0.39, 0.29) is 5.91 Å². The first-order valence-corrected chi connectivity index (χ1v) is 7.45. The highest BCUT2D eigenvalue weighted by Crippen LogP contribution is 2.28. The van der Waals surface area contributed by atoms with Gasteiger partial charge < -0.3 is 16.0 Å². The quantitative estimate of drug-likeness (QED) is 0.525. The summed E-state index contributed by atoms with van der Waals surface area (Å²) >= 11 is 0. The highest BCUT2D eigenvalue weighted by atomic mass is 16.2. The lowest BCUT2D eigenvalue weighted by Gasteiger charge is -2.23. The predicted octanol–water partition coefficient (Wildman–Crippen LogP) is 1.01. The zero-order valence-corrected chi connectivity index (χ0v) is 12.0. The van der Waals surface area contributed by atoms with Crippen LogP contribution in [0.2, 0.25) is 0 Å². The minimum atomic E-state index is 0.0682. The van der Waals surface area contributed by atoms with Gasteiger partial charge in [-0.05, 0) is 25.2 Å². The Kier molecular flexibility index (Phi) is 5.05. The Bertz CT molecular complexity index is 336. The monoisotopic (exact) mass is 266 g/mol. The van der Waals surface area contributed by atoms with Gasteiger partial charge in [0, 0.05) is 19.1 Å². The maximum absolute atomic E-state index is 11.8. The molecule has 0 aliphatic heterocycles. The number of aliphatic imine (C=N–C) groups is 1. The van der Waals surface area contributed by atoms with Gasteiger partial charge in [-0.25, -0.2) is 0 Å². The Morgan fingerprint density at radius 3 is 2.47 bits per heavy atom. The molecule has 0 radical (unpaired) electrons. The van der Waals surface area contributed by atoms with Gasteiger partial charge in [0.05, 0.1) is 6.54 Å². The van der Waals surface area contributed by atoms with Crippen molar-refractivity contribution in [2.75, 3.05) is 13.6 Å². The van der Waals surface area contributed by atoms with Crippen LogP contribution in [-0.2, 0) is 4.79 Å². The molecule has 0 aromatic rings. The van der Waals surface area contributed by atoms with E-state index in [0.29, 0.717) is 18.6 Å². The Labute approximate surface area is 115 Å². The van der Waals surface area contributed by atoms with E-state index in [0.717, 1.165) is 24.7 Å². The third-order valence-electron chi connectivity index (χ3n) is 4.04. The number of carbonyl (C=O) groups excluding carboxylic acids is 1.